The highest BCUT2D eigenvalue weighted by Crippen LogP contribution is 2.65. The molecular formula is C61H71NO15Si. The largest absolute Gasteiger partial charge is 0.508 e. The van der Waals surface area contributed by atoms with Crippen LogP contribution >= 0.6 is 0 Å². The van der Waals surface area contributed by atoms with Gasteiger partial charge in [0.05, 0.1) is 43.2 Å². The Kier molecular flexibility index (Phi) is 15.9. The molecule has 8 rings (SSSR count). The van der Waals surface area contributed by atoms with Gasteiger partial charge in [0, 0.05) is 37.7 Å². The summed E-state index contributed by atoms with van der Waals surface area (Å²) in [6.07, 6.45) is -9.74. The number of nitrogens with one attached hydrogen (secondary N) is 1. The van der Waals surface area contributed by atoms with E-state index in [0.29, 0.717) is 16.7 Å². The molecule has 3 fully saturated rings. The van der Waals surface area contributed by atoms with Gasteiger partial charge in [0.1, 0.15) is 36.6 Å². The van der Waals surface area contributed by atoms with Crippen LogP contribution in [0.25, 0.3) is 0 Å². The Hall–Kier alpha value is -6.95. The maximum atomic E-state index is 16.5. The van der Waals surface area contributed by atoms with Crippen molar-refractivity contribution < 1.29 is 71.8 Å². The first-order chi connectivity index (χ1) is 36.7. The fourth-order valence-electron chi connectivity index (χ4n) is 12.4. The number of fused-ring (bicyclic) bond motifs is 5. The van der Waals surface area contributed by atoms with Crippen molar-refractivity contribution in [1.82, 2.24) is 5.32 Å². The number of aliphatic hydroxyl groups is 1. The van der Waals surface area contributed by atoms with Crippen LogP contribution in [-0.4, -0.2) is 103 Å². The molecule has 4 aliphatic rings. The summed E-state index contributed by atoms with van der Waals surface area (Å²) in [6, 6.07) is 33.6. The first-order valence-corrected chi connectivity index (χ1v) is 29.5. The van der Waals surface area contributed by atoms with Crippen LogP contribution in [0.1, 0.15) is 113 Å². The molecule has 1 heterocycles. The summed E-state index contributed by atoms with van der Waals surface area (Å²) in [5.74, 6) is -6.28. The minimum absolute atomic E-state index is 0.0366. The molecule has 4 aromatic carbocycles. The Morgan fingerprint density at radius 1 is 0.769 bits per heavy atom. The van der Waals surface area contributed by atoms with E-state index in [2.05, 4.69) is 18.4 Å². The van der Waals surface area contributed by atoms with Crippen LogP contribution in [-0.2, 0) is 58.9 Å². The second kappa shape index (κ2) is 21.7. The van der Waals surface area contributed by atoms with Crippen LogP contribution in [0.5, 0.6) is 0 Å². The van der Waals surface area contributed by atoms with Gasteiger partial charge in [-0.1, -0.05) is 145 Å². The maximum absolute atomic E-state index is 16.5. The summed E-state index contributed by atoms with van der Waals surface area (Å²) >= 11 is 0. The third kappa shape index (κ3) is 10.3. The SMILES string of the molecule is CC(=O)O[C@H]1C(=O)[C@]2(C)[C@@H](OC(=O)OCc3ccccc3)C[C@H]3OC[C@@]3(OC(C)=O)[C@H]2[C@H](OC(=O)c2ccccc2)[C@]2(O)C[C@H](OC(=O)[C@@H]([C@@H](NC(=O)c3ccccc3)c3ccccc3)[Si](C)(C)C(C)(C)C)C(C)=C1C2(C)C. The second-order valence-corrected chi connectivity index (χ2v) is 29.0. The molecule has 78 heavy (non-hydrogen) atoms. The average molecular weight is 1090 g/mol. The van der Waals surface area contributed by atoms with Gasteiger partial charge in [0.25, 0.3) is 5.91 Å². The van der Waals surface area contributed by atoms with E-state index in [1.807, 2.05) is 51.1 Å². The van der Waals surface area contributed by atoms with E-state index < -0.39 is 131 Å². The van der Waals surface area contributed by atoms with Crippen LogP contribution < -0.4 is 5.32 Å². The fourth-order valence-corrected chi connectivity index (χ4v) is 15.1. The summed E-state index contributed by atoms with van der Waals surface area (Å²) in [5, 5.41) is 17.1. The molecule has 1 aliphatic heterocycles. The number of Topliss-reactive ketones (excluding diaryl/α,β-unsaturated/α-hetero) is 1. The normalized spacial score (nSPS) is 28.0. The minimum Gasteiger partial charge on any atom is -0.458 e. The van der Waals surface area contributed by atoms with E-state index in [0.717, 1.165) is 6.92 Å². The summed E-state index contributed by atoms with van der Waals surface area (Å²) in [5.41, 5.74) is -7.18. The van der Waals surface area contributed by atoms with Gasteiger partial charge in [0.2, 0.25) is 0 Å². The van der Waals surface area contributed by atoms with E-state index in [-0.39, 0.29) is 36.3 Å². The molecular weight excluding hydrogens is 1010 g/mol. The molecule has 17 heteroatoms. The minimum atomic E-state index is -3.02. The summed E-state index contributed by atoms with van der Waals surface area (Å²) in [7, 11) is -3.02. The van der Waals surface area contributed by atoms with Crippen molar-refractivity contribution in [2.24, 2.45) is 16.7 Å². The first-order valence-electron chi connectivity index (χ1n) is 26.4. The molecule has 414 valence electrons. The lowest BCUT2D eigenvalue weighted by Crippen LogP contribution is -2.82. The standard InChI is InChI=1S/C61H71NO15Si/c1-36-43(74-55(68)49(78(10,11)57(4,5)6)47(40-26-18-13-19-27-40)62-53(66)41-28-20-14-21-29-41)33-61(70)52(76-54(67)42-30-22-15-23-31-42)50-59(9,51(65)48(73-37(2)63)46(36)58(61,7)8)44(32-45-60(50,35-72-45)77-38(3)64)75-56(69)71-34-39-24-16-12-17-25-39/h12-31,43-45,47-50,52,70H,32-35H2,1-11H3,(H,62,66)/t43-,44-,45+,47-,48+,49+,50-,52-,59+,60-,61+/m0/s1. The predicted molar refractivity (Wildman–Crippen MR) is 288 cm³/mol. The highest BCUT2D eigenvalue weighted by Gasteiger charge is 2.79. The van der Waals surface area contributed by atoms with Crippen LogP contribution in [0.4, 0.5) is 4.79 Å². The lowest BCUT2D eigenvalue weighted by molar-refractivity contribution is -0.346. The molecule has 0 spiro atoms. The quantitative estimate of drug-likeness (QED) is 0.0520. The van der Waals surface area contributed by atoms with Gasteiger partial charge in [-0.05, 0) is 65.4 Å². The number of ketones is 1. The van der Waals surface area contributed by atoms with Crippen molar-refractivity contribution in [3.8, 4) is 0 Å². The molecule has 0 unspecified atom stereocenters. The molecule has 2 saturated carbocycles. The fraction of sp³-hybridized carbons (Fsp3) is 0.459. The van der Waals surface area contributed by atoms with Gasteiger partial charge >= 0.3 is 30.0 Å². The van der Waals surface area contributed by atoms with E-state index >= 15 is 9.59 Å². The zero-order valence-corrected chi connectivity index (χ0v) is 47.2. The van der Waals surface area contributed by atoms with E-state index in [9.17, 15) is 29.1 Å². The maximum Gasteiger partial charge on any atom is 0.508 e. The van der Waals surface area contributed by atoms with Gasteiger partial charge in [-0.3, -0.25) is 24.0 Å². The Morgan fingerprint density at radius 2 is 1.33 bits per heavy atom. The topological polar surface area (TPSA) is 216 Å². The van der Waals surface area contributed by atoms with Gasteiger partial charge < -0.3 is 43.6 Å². The number of hydrogen-bond acceptors (Lipinski definition) is 15. The average Bonchev–Trinajstić information content (AvgIpc) is 3.04. The lowest BCUT2D eigenvalue weighted by Gasteiger charge is -2.67. The smallest absolute Gasteiger partial charge is 0.458 e. The second-order valence-electron chi connectivity index (χ2n) is 23.5. The van der Waals surface area contributed by atoms with Crippen molar-refractivity contribution in [2.45, 2.75) is 153 Å². The summed E-state index contributed by atoms with van der Waals surface area (Å²) in [6.45, 7) is 18.3. The predicted octanol–water partition coefficient (Wildman–Crippen LogP) is 9.61. The zero-order chi connectivity index (χ0) is 56.8. The molecule has 16 nitrogen and oxygen atoms in total. The zero-order valence-electron chi connectivity index (χ0n) is 46.2. The van der Waals surface area contributed by atoms with Gasteiger partial charge in [-0.25, -0.2) is 9.59 Å². The Bertz CT molecular complexity index is 2960. The van der Waals surface area contributed by atoms with E-state index in [4.69, 9.17) is 33.2 Å². The van der Waals surface area contributed by atoms with Crippen molar-refractivity contribution >= 4 is 49.8 Å². The molecule has 11 atom stereocenters. The Labute approximate surface area is 456 Å². The third-order valence-corrected chi connectivity index (χ3v) is 23.6. The first kappa shape index (κ1) is 57.2. The number of rotatable bonds is 14. The molecule has 0 aromatic heterocycles. The number of ether oxygens (including phenoxy) is 7. The van der Waals surface area contributed by atoms with Gasteiger partial charge in [-0.15, -0.1) is 0 Å². The number of carbonyl (C=O) groups excluding carboxylic acids is 7. The van der Waals surface area contributed by atoms with Crippen molar-refractivity contribution in [2.75, 3.05) is 6.61 Å². The van der Waals surface area contributed by atoms with Gasteiger partial charge in [0.15, 0.2) is 17.5 Å². The van der Waals surface area contributed by atoms with Crippen molar-refractivity contribution in [1.29, 1.82) is 0 Å². The van der Waals surface area contributed by atoms with Gasteiger partial charge in [-0.2, -0.15) is 0 Å². The third-order valence-electron chi connectivity index (χ3n) is 17.6. The Morgan fingerprint density at radius 3 is 1.87 bits per heavy atom. The summed E-state index contributed by atoms with van der Waals surface area (Å²) in [4.78, 5) is 103. The molecule has 3 aliphatic carbocycles. The Balaban J connectivity index is 1.34. The van der Waals surface area contributed by atoms with E-state index in [1.54, 1.807) is 99.6 Å². The molecule has 2 bridgehead atoms. The lowest BCUT2D eigenvalue weighted by atomic mass is 9.44. The highest BCUT2D eigenvalue weighted by molar-refractivity contribution is 6.84. The van der Waals surface area contributed by atoms with Crippen LogP contribution in [0.15, 0.2) is 132 Å². The van der Waals surface area contributed by atoms with Crippen molar-refractivity contribution in [3.63, 3.8) is 0 Å². The van der Waals surface area contributed by atoms with Crippen LogP contribution in [0, 0.1) is 16.7 Å². The number of amides is 1. The molecule has 0 radical (unpaired) electrons. The number of hydrogen-bond donors (Lipinski definition) is 2. The molecule has 4 aromatic rings. The monoisotopic (exact) mass is 1090 g/mol. The van der Waals surface area contributed by atoms with Crippen molar-refractivity contribution in [3.05, 3.63) is 155 Å². The molecule has 1 saturated heterocycles. The van der Waals surface area contributed by atoms with Crippen LogP contribution in [0.3, 0.4) is 0 Å². The number of benzene rings is 4. The molecule has 2 N–H and O–H groups in total. The van der Waals surface area contributed by atoms with Crippen LogP contribution in [0.2, 0.25) is 23.7 Å². The van der Waals surface area contributed by atoms with E-state index in [1.165, 1.54) is 26.0 Å². The number of esters is 4. The summed E-state index contributed by atoms with van der Waals surface area (Å²) < 4.78 is 44.0. The highest BCUT2D eigenvalue weighted by atomic mass is 28.3. The molecule has 1 amide bonds. The number of carbonyl (C=O) groups is 7.